The van der Waals surface area contributed by atoms with Gasteiger partial charge < -0.3 is 18.9 Å². The van der Waals surface area contributed by atoms with Crippen LogP contribution in [0.2, 0.25) is 0 Å². The minimum Gasteiger partial charge on any atom is -0.486 e. The molecular formula is C19H23NO8S. The molecule has 0 amide bonds. The standard InChI is InChI=1S/C19H23NO8S/c1-12-10-17(19(22)27-12)28-18(21)13-4-6-20(7-5-13)29(23,24)14-2-3-15-16(11-14)26-9-8-25-15/h2-3,11-13,17H,4-10H2,1H3/t12-,17+/m0/s1. The molecule has 9 nitrogen and oxygen atoms in total. The zero-order chi connectivity index (χ0) is 20.6. The molecule has 0 radical (unpaired) electrons. The summed E-state index contributed by atoms with van der Waals surface area (Å²) in [7, 11) is -3.71. The smallest absolute Gasteiger partial charge is 0.347 e. The van der Waals surface area contributed by atoms with E-state index in [0.29, 0.717) is 44.0 Å². The zero-order valence-corrected chi connectivity index (χ0v) is 16.9. The van der Waals surface area contributed by atoms with Crippen molar-refractivity contribution in [3.63, 3.8) is 0 Å². The van der Waals surface area contributed by atoms with Crippen molar-refractivity contribution < 1.29 is 37.0 Å². The number of piperidine rings is 1. The summed E-state index contributed by atoms with van der Waals surface area (Å²) in [5.74, 6) is -0.503. The van der Waals surface area contributed by atoms with Gasteiger partial charge in [-0.25, -0.2) is 13.2 Å². The van der Waals surface area contributed by atoms with Crippen molar-refractivity contribution in [2.75, 3.05) is 26.3 Å². The molecule has 0 N–H and O–H groups in total. The van der Waals surface area contributed by atoms with Crippen molar-refractivity contribution in [3.05, 3.63) is 18.2 Å². The summed E-state index contributed by atoms with van der Waals surface area (Å²) in [5, 5.41) is 0. The van der Waals surface area contributed by atoms with Crippen LogP contribution in [0.25, 0.3) is 0 Å². The van der Waals surface area contributed by atoms with Gasteiger partial charge in [0.25, 0.3) is 0 Å². The highest BCUT2D eigenvalue weighted by molar-refractivity contribution is 7.89. The maximum atomic E-state index is 13.0. The molecule has 1 aromatic carbocycles. The molecule has 0 aromatic heterocycles. The molecule has 1 aromatic rings. The van der Waals surface area contributed by atoms with Crippen LogP contribution in [0.4, 0.5) is 0 Å². The van der Waals surface area contributed by atoms with Gasteiger partial charge in [0.2, 0.25) is 16.1 Å². The van der Waals surface area contributed by atoms with Crippen LogP contribution < -0.4 is 9.47 Å². The number of carbonyl (C=O) groups is 2. The number of hydrogen-bond donors (Lipinski definition) is 0. The first-order valence-corrected chi connectivity index (χ1v) is 11.1. The van der Waals surface area contributed by atoms with E-state index >= 15 is 0 Å². The average molecular weight is 425 g/mol. The number of nitrogens with zero attached hydrogens (tertiary/aromatic N) is 1. The lowest BCUT2D eigenvalue weighted by molar-refractivity contribution is -0.164. The summed E-state index contributed by atoms with van der Waals surface area (Å²) in [6.07, 6.45) is -0.114. The lowest BCUT2D eigenvalue weighted by atomic mass is 9.98. The van der Waals surface area contributed by atoms with Crippen molar-refractivity contribution in [2.45, 2.75) is 43.3 Å². The molecule has 0 saturated carbocycles. The largest absolute Gasteiger partial charge is 0.486 e. The van der Waals surface area contributed by atoms with Crippen molar-refractivity contribution in [2.24, 2.45) is 5.92 Å². The third-order valence-electron chi connectivity index (χ3n) is 5.32. The summed E-state index contributed by atoms with van der Waals surface area (Å²) in [6.45, 7) is 2.94. The number of rotatable bonds is 4. The number of fused-ring (bicyclic) bond motifs is 1. The number of sulfonamides is 1. The zero-order valence-electron chi connectivity index (χ0n) is 16.0. The van der Waals surface area contributed by atoms with Gasteiger partial charge >= 0.3 is 11.9 Å². The Morgan fingerprint density at radius 1 is 1.14 bits per heavy atom. The quantitative estimate of drug-likeness (QED) is 0.660. The molecule has 0 spiro atoms. The molecule has 4 rings (SSSR count). The summed E-state index contributed by atoms with van der Waals surface area (Å²) >= 11 is 0. The first-order valence-electron chi connectivity index (χ1n) is 9.65. The molecule has 3 heterocycles. The molecule has 3 aliphatic heterocycles. The molecule has 3 aliphatic rings. The van der Waals surface area contributed by atoms with Crippen LogP contribution in [-0.2, 0) is 29.1 Å². The molecule has 2 fully saturated rings. The van der Waals surface area contributed by atoms with Gasteiger partial charge in [0.15, 0.2) is 11.5 Å². The van der Waals surface area contributed by atoms with E-state index in [1.54, 1.807) is 13.0 Å². The Morgan fingerprint density at radius 3 is 2.48 bits per heavy atom. The summed E-state index contributed by atoms with van der Waals surface area (Å²) in [6, 6.07) is 4.56. The van der Waals surface area contributed by atoms with E-state index in [9.17, 15) is 18.0 Å². The summed E-state index contributed by atoms with van der Waals surface area (Å²) in [5.41, 5.74) is 0. The summed E-state index contributed by atoms with van der Waals surface area (Å²) < 4.78 is 48.4. The number of carbonyl (C=O) groups excluding carboxylic acids is 2. The van der Waals surface area contributed by atoms with E-state index in [0.717, 1.165) is 0 Å². The van der Waals surface area contributed by atoms with Crippen LogP contribution in [0.3, 0.4) is 0 Å². The fraction of sp³-hybridized carbons (Fsp3) is 0.579. The van der Waals surface area contributed by atoms with E-state index < -0.39 is 34.0 Å². The van der Waals surface area contributed by atoms with E-state index in [-0.39, 0.29) is 24.1 Å². The average Bonchev–Trinajstić information content (AvgIpc) is 3.04. The Kier molecular flexibility index (Phi) is 5.39. The molecule has 158 valence electrons. The van der Waals surface area contributed by atoms with E-state index in [4.69, 9.17) is 18.9 Å². The van der Waals surface area contributed by atoms with Crippen LogP contribution in [-0.4, -0.2) is 63.2 Å². The maximum absolute atomic E-state index is 13.0. The Bertz CT molecular complexity index is 907. The first-order chi connectivity index (χ1) is 13.8. The molecular weight excluding hydrogens is 402 g/mol. The Morgan fingerprint density at radius 2 is 1.83 bits per heavy atom. The molecule has 0 aliphatic carbocycles. The normalized spacial score (nSPS) is 25.5. The minimum absolute atomic E-state index is 0.130. The highest BCUT2D eigenvalue weighted by Crippen LogP contribution is 2.34. The van der Waals surface area contributed by atoms with Gasteiger partial charge in [-0.2, -0.15) is 4.31 Å². The fourth-order valence-corrected chi connectivity index (χ4v) is 5.20. The second kappa shape index (κ2) is 7.83. The van der Waals surface area contributed by atoms with Crippen LogP contribution in [0.15, 0.2) is 23.1 Å². The van der Waals surface area contributed by atoms with Crippen LogP contribution in [0.1, 0.15) is 26.2 Å². The molecule has 0 unspecified atom stereocenters. The van der Waals surface area contributed by atoms with E-state index in [2.05, 4.69) is 0 Å². The van der Waals surface area contributed by atoms with Crippen molar-refractivity contribution in [3.8, 4) is 11.5 Å². The van der Waals surface area contributed by atoms with Gasteiger partial charge in [-0.3, -0.25) is 4.79 Å². The van der Waals surface area contributed by atoms with Gasteiger partial charge in [0.05, 0.1) is 10.8 Å². The third-order valence-corrected chi connectivity index (χ3v) is 7.22. The topological polar surface area (TPSA) is 108 Å². The lowest BCUT2D eigenvalue weighted by Crippen LogP contribution is -2.41. The molecule has 10 heteroatoms. The second-order valence-corrected chi connectivity index (χ2v) is 9.33. The van der Waals surface area contributed by atoms with Crippen LogP contribution in [0.5, 0.6) is 11.5 Å². The SMILES string of the molecule is C[C@H]1C[C@@H](OC(=O)C2CCN(S(=O)(=O)c3ccc4c(c3)OCCO4)CC2)C(=O)O1. The maximum Gasteiger partial charge on any atom is 0.347 e. The number of esters is 2. The van der Waals surface area contributed by atoms with Gasteiger partial charge in [0.1, 0.15) is 19.3 Å². The predicted octanol–water partition coefficient (Wildman–Crippen LogP) is 1.11. The minimum atomic E-state index is -3.71. The van der Waals surface area contributed by atoms with E-state index in [1.165, 1.54) is 16.4 Å². The fourth-order valence-electron chi connectivity index (χ4n) is 3.72. The van der Waals surface area contributed by atoms with Crippen LogP contribution in [0, 0.1) is 5.92 Å². The van der Waals surface area contributed by atoms with Crippen molar-refractivity contribution in [1.29, 1.82) is 0 Å². The number of cyclic esters (lactones) is 1. The first kappa shape index (κ1) is 20.0. The summed E-state index contributed by atoms with van der Waals surface area (Å²) in [4.78, 5) is 24.1. The number of ether oxygens (including phenoxy) is 4. The monoisotopic (exact) mass is 425 g/mol. The third kappa shape index (κ3) is 4.04. The highest BCUT2D eigenvalue weighted by Gasteiger charge is 2.38. The molecule has 0 bridgehead atoms. The number of hydrogen-bond acceptors (Lipinski definition) is 8. The molecule has 2 saturated heterocycles. The predicted molar refractivity (Wildman–Crippen MR) is 99.0 cm³/mol. The number of benzene rings is 1. The Labute approximate surface area is 168 Å². The van der Waals surface area contributed by atoms with Gasteiger partial charge in [-0.15, -0.1) is 0 Å². The molecule has 29 heavy (non-hydrogen) atoms. The lowest BCUT2D eigenvalue weighted by Gasteiger charge is -2.30. The van der Waals surface area contributed by atoms with Gasteiger partial charge in [-0.05, 0) is 31.9 Å². The van der Waals surface area contributed by atoms with Crippen molar-refractivity contribution in [1.82, 2.24) is 4.31 Å². The molecule has 2 atom stereocenters. The Balaban J connectivity index is 1.37. The van der Waals surface area contributed by atoms with Gasteiger partial charge in [-0.1, -0.05) is 0 Å². The van der Waals surface area contributed by atoms with E-state index in [1.807, 2.05) is 0 Å². The second-order valence-electron chi connectivity index (χ2n) is 7.39. The van der Waals surface area contributed by atoms with Crippen molar-refractivity contribution >= 4 is 22.0 Å². The van der Waals surface area contributed by atoms with Crippen LogP contribution >= 0.6 is 0 Å². The Hall–Kier alpha value is -2.33. The highest BCUT2D eigenvalue weighted by atomic mass is 32.2. The van der Waals surface area contributed by atoms with Gasteiger partial charge in [0, 0.05) is 25.6 Å².